The fourth-order valence-electron chi connectivity index (χ4n) is 1.58. The van der Waals surface area contributed by atoms with Crippen LogP contribution in [0.25, 0.3) is 0 Å². The van der Waals surface area contributed by atoms with Gasteiger partial charge in [-0.2, -0.15) is 0 Å². The summed E-state index contributed by atoms with van der Waals surface area (Å²) in [7, 11) is -4.04. The van der Waals surface area contributed by atoms with Crippen LogP contribution in [-0.4, -0.2) is 19.9 Å². The largest absolute Gasteiger partial charge is 0.573 e. The second-order valence-electron chi connectivity index (χ2n) is 4.14. The third-order valence-corrected chi connectivity index (χ3v) is 3.90. The topological polar surface area (TPSA) is 75.6 Å². The van der Waals surface area contributed by atoms with E-state index in [-0.39, 0.29) is 16.3 Å². The van der Waals surface area contributed by atoms with Gasteiger partial charge in [0.15, 0.2) is 0 Å². The molecule has 0 unspecified atom stereocenters. The monoisotopic (exact) mass is 333 g/mol. The molecule has 2 N–H and O–H groups in total. The Morgan fingerprint density at radius 3 is 2.14 bits per heavy atom. The van der Waals surface area contributed by atoms with Crippen molar-refractivity contribution in [1.82, 2.24) is 0 Å². The molecule has 2 aromatic carbocycles. The van der Waals surface area contributed by atoms with E-state index in [2.05, 4.69) is 9.46 Å². The summed E-state index contributed by atoms with van der Waals surface area (Å²) in [4.78, 5) is -0.273. The maximum atomic E-state index is 12.1. The third-order valence-electron chi connectivity index (χ3n) is 2.52. The Labute approximate surface area is 124 Å². The number of para-hydroxylation sites is 2. The summed E-state index contributed by atoms with van der Waals surface area (Å²) in [5.74, 6) is -0.808. The molecule has 0 radical (unpaired) electrons. The van der Waals surface area contributed by atoms with Crippen LogP contribution in [0.5, 0.6) is 11.5 Å². The van der Waals surface area contributed by atoms with E-state index in [0.29, 0.717) is 0 Å². The van der Waals surface area contributed by atoms with E-state index in [1.54, 1.807) is 0 Å². The lowest BCUT2D eigenvalue weighted by Gasteiger charge is -2.11. The van der Waals surface area contributed by atoms with E-state index in [9.17, 15) is 26.7 Å². The van der Waals surface area contributed by atoms with Gasteiger partial charge in [0.2, 0.25) is 0 Å². The van der Waals surface area contributed by atoms with Crippen LogP contribution in [0.2, 0.25) is 0 Å². The van der Waals surface area contributed by atoms with Gasteiger partial charge in [-0.15, -0.1) is 13.2 Å². The van der Waals surface area contributed by atoms with E-state index in [1.165, 1.54) is 24.3 Å². The fourth-order valence-corrected chi connectivity index (χ4v) is 2.66. The Morgan fingerprint density at radius 1 is 1.00 bits per heavy atom. The first-order valence-corrected chi connectivity index (χ1v) is 7.32. The van der Waals surface area contributed by atoms with Crippen molar-refractivity contribution in [2.24, 2.45) is 0 Å². The van der Waals surface area contributed by atoms with Crippen molar-refractivity contribution in [1.29, 1.82) is 0 Å². The molecule has 0 aliphatic heterocycles. The van der Waals surface area contributed by atoms with Gasteiger partial charge >= 0.3 is 6.36 Å². The molecule has 0 saturated heterocycles. The standard InChI is InChI=1S/C13H10F3NO4S/c14-13(15,16)21-9-5-7-10(8-6-9)22(19,20)17-11-3-1-2-4-12(11)18/h1-8,17-18H. The number of phenolic OH excluding ortho intramolecular Hbond substituents is 1. The molecule has 118 valence electrons. The molecule has 0 saturated carbocycles. The molecular formula is C13H10F3NO4S. The van der Waals surface area contributed by atoms with Gasteiger partial charge < -0.3 is 9.84 Å². The molecule has 9 heteroatoms. The summed E-state index contributed by atoms with van der Waals surface area (Å²) in [6, 6.07) is 9.34. The molecule has 2 aromatic rings. The predicted octanol–water partition coefficient (Wildman–Crippen LogP) is 3.09. The average molecular weight is 333 g/mol. The molecule has 22 heavy (non-hydrogen) atoms. The number of hydrogen-bond acceptors (Lipinski definition) is 4. The summed E-state index contributed by atoms with van der Waals surface area (Å²) in [6.07, 6.45) is -4.85. The number of anilines is 1. The Kier molecular flexibility index (Phi) is 4.18. The van der Waals surface area contributed by atoms with Gasteiger partial charge in [-0.3, -0.25) is 4.72 Å². The Morgan fingerprint density at radius 2 is 1.59 bits per heavy atom. The molecular weight excluding hydrogens is 323 g/mol. The zero-order valence-corrected chi connectivity index (χ0v) is 11.6. The molecule has 0 aromatic heterocycles. The third kappa shape index (κ3) is 4.04. The average Bonchev–Trinajstić information content (AvgIpc) is 2.40. The first kappa shape index (κ1) is 16.0. The SMILES string of the molecule is O=S(=O)(Nc1ccccc1O)c1ccc(OC(F)(F)F)cc1. The van der Waals surface area contributed by atoms with Crippen molar-refractivity contribution < 1.29 is 31.4 Å². The minimum absolute atomic E-state index is 0.0434. The number of hydrogen-bond donors (Lipinski definition) is 2. The van der Waals surface area contributed by atoms with Gasteiger partial charge in [0.05, 0.1) is 10.6 Å². The summed E-state index contributed by atoms with van der Waals surface area (Å²) in [5, 5.41) is 9.52. The number of phenols is 1. The van der Waals surface area contributed by atoms with Crippen LogP contribution in [0.15, 0.2) is 53.4 Å². The first-order chi connectivity index (χ1) is 10.2. The van der Waals surface area contributed by atoms with Crippen LogP contribution < -0.4 is 9.46 Å². The molecule has 0 bridgehead atoms. The molecule has 0 amide bonds. The summed E-state index contributed by atoms with van der Waals surface area (Å²) < 4.78 is 66.0. The maximum Gasteiger partial charge on any atom is 0.573 e. The van der Waals surface area contributed by atoms with Gasteiger partial charge in [-0.05, 0) is 36.4 Å². The highest BCUT2D eigenvalue weighted by Crippen LogP contribution is 2.27. The number of rotatable bonds is 4. The fraction of sp³-hybridized carbons (Fsp3) is 0.0769. The summed E-state index contributed by atoms with van der Waals surface area (Å²) in [6.45, 7) is 0. The molecule has 0 heterocycles. The number of benzene rings is 2. The van der Waals surface area contributed by atoms with Crippen LogP contribution in [0, 0.1) is 0 Å². The number of ether oxygens (including phenoxy) is 1. The number of alkyl halides is 3. The van der Waals surface area contributed by atoms with Crippen molar-refractivity contribution >= 4 is 15.7 Å². The molecule has 0 fully saturated rings. The van der Waals surface area contributed by atoms with E-state index < -0.39 is 22.1 Å². The number of nitrogens with one attached hydrogen (secondary N) is 1. The minimum Gasteiger partial charge on any atom is -0.506 e. The van der Waals surface area contributed by atoms with E-state index in [0.717, 1.165) is 24.3 Å². The maximum absolute atomic E-state index is 12.1. The Hall–Kier alpha value is -2.42. The van der Waals surface area contributed by atoms with E-state index in [4.69, 9.17) is 0 Å². The van der Waals surface area contributed by atoms with Crippen LogP contribution >= 0.6 is 0 Å². The highest BCUT2D eigenvalue weighted by atomic mass is 32.2. The van der Waals surface area contributed by atoms with Crippen molar-refractivity contribution in [3.8, 4) is 11.5 Å². The smallest absolute Gasteiger partial charge is 0.506 e. The summed E-state index contributed by atoms with van der Waals surface area (Å²) in [5.41, 5.74) is -0.0434. The normalized spacial score (nSPS) is 12.0. The van der Waals surface area contributed by atoms with Crippen LogP contribution in [0.4, 0.5) is 18.9 Å². The van der Waals surface area contributed by atoms with E-state index >= 15 is 0 Å². The second kappa shape index (κ2) is 5.76. The molecule has 0 spiro atoms. The second-order valence-corrected chi connectivity index (χ2v) is 5.82. The van der Waals surface area contributed by atoms with Crippen molar-refractivity contribution in [3.05, 3.63) is 48.5 Å². The van der Waals surface area contributed by atoms with Gasteiger partial charge in [-0.25, -0.2) is 8.42 Å². The number of sulfonamides is 1. The van der Waals surface area contributed by atoms with E-state index in [1.807, 2.05) is 0 Å². The molecule has 2 rings (SSSR count). The lowest BCUT2D eigenvalue weighted by atomic mass is 10.3. The zero-order chi connectivity index (χ0) is 16.4. The molecule has 0 atom stereocenters. The summed E-state index contributed by atoms with van der Waals surface area (Å²) >= 11 is 0. The molecule has 0 aliphatic carbocycles. The highest BCUT2D eigenvalue weighted by molar-refractivity contribution is 7.92. The highest BCUT2D eigenvalue weighted by Gasteiger charge is 2.31. The quantitative estimate of drug-likeness (QED) is 0.843. The lowest BCUT2D eigenvalue weighted by Crippen LogP contribution is -2.17. The van der Waals surface area contributed by atoms with Gasteiger partial charge in [0, 0.05) is 0 Å². The molecule has 0 aliphatic rings. The number of halogens is 3. The first-order valence-electron chi connectivity index (χ1n) is 5.84. The van der Waals surface area contributed by atoms with Crippen molar-refractivity contribution in [3.63, 3.8) is 0 Å². The number of aromatic hydroxyl groups is 1. The van der Waals surface area contributed by atoms with Gasteiger partial charge in [0.25, 0.3) is 10.0 Å². The Bertz CT molecular complexity index is 758. The zero-order valence-electron chi connectivity index (χ0n) is 10.8. The van der Waals surface area contributed by atoms with Crippen LogP contribution in [0.3, 0.4) is 0 Å². The van der Waals surface area contributed by atoms with Gasteiger partial charge in [-0.1, -0.05) is 12.1 Å². The van der Waals surface area contributed by atoms with Crippen LogP contribution in [0.1, 0.15) is 0 Å². The minimum atomic E-state index is -4.85. The molecule has 5 nitrogen and oxygen atoms in total. The van der Waals surface area contributed by atoms with Crippen LogP contribution in [-0.2, 0) is 10.0 Å². The Balaban J connectivity index is 2.22. The van der Waals surface area contributed by atoms with Crippen molar-refractivity contribution in [2.45, 2.75) is 11.3 Å². The lowest BCUT2D eigenvalue weighted by molar-refractivity contribution is -0.274. The van der Waals surface area contributed by atoms with Gasteiger partial charge in [0.1, 0.15) is 11.5 Å². The predicted molar refractivity (Wildman–Crippen MR) is 72.0 cm³/mol. The van der Waals surface area contributed by atoms with Crippen molar-refractivity contribution in [2.75, 3.05) is 4.72 Å².